The van der Waals surface area contributed by atoms with Crippen molar-refractivity contribution in [3.8, 4) is 17.6 Å². The number of carbonyl (C=O) groups is 1. The van der Waals surface area contributed by atoms with Gasteiger partial charge in [0.25, 0.3) is 0 Å². The standard InChI is InChI=1S/C15H18N2O6S/c1-10(2)14(15(18)23-6-5-16)17-24(19,20)11-3-4-12-13(9-11)22-8-7-21-12/h3-4,9-10,14,17H,6-8H2,1-2H3/t14-/m0/s1. The third kappa shape index (κ3) is 4.15. The van der Waals surface area contributed by atoms with E-state index in [1.165, 1.54) is 18.2 Å². The molecule has 0 fully saturated rings. The Morgan fingerprint density at radius 3 is 2.62 bits per heavy atom. The van der Waals surface area contributed by atoms with Crippen LogP contribution in [0.1, 0.15) is 13.8 Å². The van der Waals surface area contributed by atoms with E-state index in [4.69, 9.17) is 19.5 Å². The molecule has 8 nitrogen and oxygen atoms in total. The van der Waals surface area contributed by atoms with Crippen LogP contribution in [0.25, 0.3) is 0 Å². The van der Waals surface area contributed by atoms with Crippen molar-refractivity contribution in [3.63, 3.8) is 0 Å². The Morgan fingerprint density at radius 2 is 2.00 bits per heavy atom. The number of hydrogen-bond acceptors (Lipinski definition) is 7. The molecule has 0 spiro atoms. The molecule has 24 heavy (non-hydrogen) atoms. The van der Waals surface area contributed by atoms with Crippen LogP contribution in [-0.4, -0.2) is 40.2 Å². The Labute approximate surface area is 140 Å². The Balaban J connectivity index is 2.22. The SMILES string of the molecule is CC(C)[C@H](NS(=O)(=O)c1ccc2c(c1)OCCO2)C(=O)OCC#N. The zero-order valence-electron chi connectivity index (χ0n) is 13.3. The minimum atomic E-state index is -3.98. The second kappa shape index (κ2) is 7.51. The van der Waals surface area contributed by atoms with E-state index in [1.54, 1.807) is 19.9 Å². The molecule has 0 saturated heterocycles. The average molecular weight is 354 g/mol. The van der Waals surface area contributed by atoms with Crippen molar-refractivity contribution in [3.05, 3.63) is 18.2 Å². The Hall–Kier alpha value is -2.31. The highest BCUT2D eigenvalue weighted by Crippen LogP contribution is 2.32. The molecule has 1 aliphatic heterocycles. The van der Waals surface area contributed by atoms with Crippen molar-refractivity contribution in [2.24, 2.45) is 5.92 Å². The maximum absolute atomic E-state index is 12.5. The third-order valence-corrected chi connectivity index (χ3v) is 4.74. The lowest BCUT2D eigenvalue weighted by atomic mass is 10.1. The van der Waals surface area contributed by atoms with E-state index in [-0.39, 0.29) is 10.8 Å². The fourth-order valence-corrected chi connectivity index (χ4v) is 3.42. The van der Waals surface area contributed by atoms with Crippen molar-refractivity contribution in [2.45, 2.75) is 24.8 Å². The van der Waals surface area contributed by atoms with Crippen molar-refractivity contribution in [1.82, 2.24) is 4.72 Å². The topological polar surface area (TPSA) is 115 Å². The van der Waals surface area contributed by atoms with Crippen LogP contribution < -0.4 is 14.2 Å². The number of ether oxygens (including phenoxy) is 3. The summed E-state index contributed by atoms with van der Waals surface area (Å²) in [6.45, 7) is 3.64. The summed E-state index contributed by atoms with van der Waals surface area (Å²) in [6.07, 6.45) is 0. The fourth-order valence-electron chi connectivity index (χ4n) is 2.08. The molecule has 1 heterocycles. The second-order valence-corrected chi connectivity index (χ2v) is 7.13. The number of sulfonamides is 1. The summed E-state index contributed by atoms with van der Waals surface area (Å²) in [5, 5.41) is 8.47. The van der Waals surface area contributed by atoms with Crippen molar-refractivity contribution in [2.75, 3.05) is 19.8 Å². The van der Waals surface area contributed by atoms with Gasteiger partial charge in [0, 0.05) is 6.07 Å². The zero-order valence-corrected chi connectivity index (χ0v) is 14.1. The van der Waals surface area contributed by atoms with Crippen molar-refractivity contribution < 1.29 is 27.4 Å². The quantitative estimate of drug-likeness (QED) is 0.752. The van der Waals surface area contributed by atoms with Gasteiger partial charge < -0.3 is 14.2 Å². The molecule has 0 aromatic heterocycles. The number of nitrogens with one attached hydrogen (secondary N) is 1. The van der Waals surface area contributed by atoms with Crippen LogP contribution in [0.2, 0.25) is 0 Å². The highest BCUT2D eigenvalue weighted by molar-refractivity contribution is 7.89. The molecule has 1 aromatic carbocycles. The second-order valence-electron chi connectivity index (χ2n) is 5.41. The van der Waals surface area contributed by atoms with Crippen LogP contribution in [0.4, 0.5) is 0 Å². The maximum Gasteiger partial charge on any atom is 0.325 e. The predicted molar refractivity (Wildman–Crippen MR) is 83.0 cm³/mol. The van der Waals surface area contributed by atoms with Gasteiger partial charge in [0.05, 0.1) is 4.90 Å². The summed E-state index contributed by atoms with van der Waals surface area (Å²) in [7, 11) is -3.98. The first-order valence-electron chi connectivity index (χ1n) is 7.30. The number of rotatable bonds is 6. The van der Waals surface area contributed by atoms with Crippen LogP contribution in [0.3, 0.4) is 0 Å². The molecule has 0 aliphatic carbocycles. The first-order valence-corrected chi connectivity index (χ1v) is 8.79. The molecule has 1 atom stereocenters. The number of hydrogen-bond donors (Lipinski definition) is 1. The summed E-state index contributed by atoms with van der Waals surface area (Å²) in [5.74, 6) is -0.359. The molecule has 1 aromatic rings. The first-order chi connectivity index (χ1) is 11.3. The third-order valence-electron chi connectivity index (χ3n) is 3.31. The van der Waals surface area contributed by atoms with Crippen LogP contribution in [0, 0.1) is 17.2 Å². The minimum Gasteiger partial charge on any atom is -0.486 e. The van der Waals surface area contributed by atoms with Gasteiger partial charge in [-0.1, -0.05) is 13.8 Å². The molecule has 0 saturated carbocycles. The number of esters is 1. The number of carbonyl (C=O) groups excluding carboxylic acids is 1. The minimum absolute atomic E-state index is 0.0505. The Morgan fingerprint density at radius 1 is 1.33 bits per heavy atom. The normalized spacial score (nSPS) is 14.8. The van der Waals surface area contributed by atoms with Gasteiger partial charge in [0.2, 0.25) is 10.0 Å². The van der Waals surface area contributed by atoms with Crippen molar-refractivity contribution >= 4 is 16.0 Å². The molecule has 1 N–H and O–H groups in total. The zero-order chi connectivity index (χ0) is 17.7. The largest absolute Gasteiger partial charge is 0.486 e. The van der Waals surface area contributed by atoms with Crippen molar-refractivity contribution in [1.29, 1.82) is 5.26 Å². The molecule has 2 rings (SSSR count). The van der Waals surface area contributed by atoms with E-state index in [1.807, 2.05) is 0 Å². The van der Waals surface area contributed by atoms with Gasteiger partial charge >= 0.3 is 5.97 Å². The maximum atomic E-state index is 12.5. The number of nitriles is 1. The average Bonchev–Trinajstić information content (AvgIpc) is 2.56. The molecule has 0 unspecified atom stereocenters. The highest BCUT2D eigenvalue weighted by Gasteiger charge is 2.30. The molecular weight excluding hydrogens is 336 g/mol. The molecule has 0 radical (unpaired) electrons. The molecule has 9 heteroatoms. The van der Waals surface area contributed by atoms with E-state index >= 15 is 0 Å². The highest BCUT2D eigenvalue weighted by atomic mass is 32.2. The van der Waals surface area contributed by atoms with Gasteiger partial charge in [-0.3, -0.25) is 4.79 Å². The summed E-state index contributed by atoms with van der Waals surface area (Å²) in [4.78, 5) is 11.9. The lowest BCUT2D eigenvalue weighted by Gasteiger charge is -2.21. The van der Waals surface area contributed by atoms with Gasteiger partial charge in [0.15, 0.2) is 18.1 Å². The Kier molecular flexibility index (Phi) is 5.64. The molecular formula is C15H18N2O6S. The van der Waals surface area contributed by atoms with Crippen LogP contribution in [0.15, 0.2) is 23.1 Å². The van der Waals surface area contributed by atoms with Gasteiger partial charge in [-0.15, -0.1) is 0 Å². The van der Waals surface area contributed by atoms with E-state index in [2.05, 4.69) is 4.72 Å². The van der Waals surface area contributed by atoms with E-state index in [0.29, 0.717) is 24.7 Å². The van der Waals surface area contributed by atoms with Gasteiger partial charge in [-0.25, -0.2) is 8.42 Å². The molecule has 0 amide bonds. The first kappa shape index (κ1) is 18.0. The monoisotopic (exact) mass is 354 g/mol. The number of fused-ring (bicyclic) bond motifs is 1. The molecule has 0 bridgehead atoms. The summed E-state index contributed by atoms with van der Waals surface area (Å²) < 4.78 is 42.8. The number of nitrogens with zero attached hydrogens (tertiary/aromatic N) is 1. The van der Waals surface area contributed by atoms with Gasteiger partial charge in [0.1, 0.15) is 25.3 Å². The van der Waals surface area contributed by atoms with E-state index < -0.39 is 28.6 Å². The molecule has 1 aliphatic rings. The summed E-state index contributed by atoms with van der Waals surface area (Å²) in [6, 6.07) is 4.78. The Bertz CT molecular complexity index is 754. The van der Waals surface area contributed by atoms with Gasteiger partial charge in [-0.2, -0.15) is 9.98 Å². The lowest BCUT2D eigenvalue weighted by Crippen LogP contribution is -2.45. The van der Waals surface area contributed by atoms with Gasteiger partial charge in [-0.05, 0) is 18.1 Å². The lowest BCUT2D eigenvalue weighted by molar-refractivity contribution is -0.145. The van der Waals surface area contributed by atoms with E-state index in [9.17, 15) is 13.2 Å². The summed E-state index contributed by atoms with van der Waals surface area (Å²) in [5.41, 5.74) is 0. The predicted octanol–water partition coefficient (Wildman–Crippen LogP) is 0.827. The van der Waals surface area contributed by atoms with Crippen LogP contribution in [0.5, 0.6) is 11.5 Å². The number of benzene rings is 1. The van der Waals surface area contributed by atoms with E-state index in [0.717, 1.165) is 0 Å². The van der Waals surface area contributed by atoms with Crippen LogP contribution in [-0.2, 0) is 19.6 Å². The summed E-state index contributed by atoms with van der Waals surface area (Å²) >= 11 is 0. The smallest absolute Gasteiger partial charge is 0.325 e. The fraction of sp³-hybridized carbons (Fsp3) is 0.467. The molecule has 130 valence electrons. The van der Waals surface area contributed by atoms with Crippen LogP contribution >= 0.6 is 0 Å².